The van der Waals surface area contributed by atoms with Crippen molar-refractivity contribution in [2.24, 2.45) is 0 Å². The molecular formula is C22H29F2N9O2. The van der Waals surface area contributed by atoms with Crippen LogP contribution in [0.1, 0.15) is 31.9 Å². The monoisotopic (exact) mass is 489 g/mol. The van der Waals surface area contributed by atoms with Crippen molar-refractivity contribution in [3.63, 3.8) is 0 Å². The molecule has 13 heteroatoms. The molecule has 0 unspecified atom stereocenters. The number of hydrogen-bond donors (Lipinski definition) is 1. The molecule has 0 aromatic carbocycles. The number of carbonyl (C=O) groups excluding carboxylic acids is 1. The Bertz CT molecular complexity index is 1070. The fourth-order valence-electron chi connectivity index (χ4n) is 3.90. The largest absolute Gasteiger partial charge is 0.378 e. The molecule has 2 aromatic heterocycles. The van der Waals surface area contributed by atoms with Gasteiger partial charge in [-0.2, -0.15) is 15.0 Å². The maximum Gasteiger partial charge on any atom is 0.281 e. The number of halogens is 2. The topological polar surface area (TPSA) is 126 Å². The van der Waals surface area contributed by atoms with Gasteiger partial charge in [0, 0.05) is 51.9 Å². The molecule has 0 atom stereocenters. The summed E-state index contributed by atoms with van der Waals surface area (Å²) in [4.78, 5) is 39.3. The number of alkyl halides is 2. The van der Waals surface area contributed by atoms with Crippen molar-refractivity contribution in [3.05, 3.63) is 24.0 Å². The van der Waals surface area contributed by atoms with Gasteiger partial charge in [0.05, 0.1) is 18.8 Å². The van der Waals surface area contributed by atoms with Crippen LogP contribution in [0.15, 0.2) is 18.3 Å². The summed E-state index contributed by atoms with van der Waals surface area (Å²) in [5, 5.41) is 0. The Hall–Kier alpha value is -3.48. The molecule has 0 bridgehead atoms. The molecule has 0 aliphatic carbocycles. The van der Waals surface area contributed by atoms with Crippen molar-refractivity contribution in [3.8, 4) is 11.4 Å². The Morgan fingerprint density at radius 1 is 1.03 bits per heavy atom. The van der Waals surface area contributed by atoms with Gasteiger partial charge in [0.25, 0.3) is 6.43 Å². The van der Waals surface area contributed by atoms with Crippen LogP contribution in [0.5, 0.6) is 0 Å². The number of nitrogen functional groups attached to an aromatic ring is 1. The van der Waals surface area contributed by atoms with E-state index in [1.807, 2.05) is 21.6 Å². The van der Waals surface area contributed by atoms with Gasteiger partial charge in [0.1, 0.15) is 5.69 Å². The number of nitrogens with two attached hydrogens (primary N) is 1. The zero-order valence-electron chi connectivity index (χ0n) is 19.7. The second-order valence-electron chi connectivity index (χ2n) is 8.51. The van der Waals surface area contributed by atoms with Crippen molar-refractivity contribution < 1.29 is 18.3 Å². The van der Waals surface area contributed by atoms with Gasteiger partial charge in [-0.1, -0.05) is 5.57 Å². The van der Waals surface area contributed by atoms with Crippen molar-refractivity contribution in [1.29, 1.82) is 0 Å². The van der Waals surface area contributed by atoms with E-state index in [2.05, 4.69) is 31.5 Å². The maximum absolute atomic E-state index is 13.7. The quantitative estimate of drug-likeness (QED) is 0.574. The fourth-order valence-corrected chi connectivity index (χ4v) is 3.90. The summed E-state index contributed by atoms with van der Waals surface area (Å²) in [6, 6.07) is 0. The third kappa shape index (κ3) is 5.96. The van der Waals surface area contributed by atoms with Crippen LogP contribution >= 0.6 is 0 Å². The smallest absolute Gasteiger partial charge is 0.281 e. The highest BCUT2D eigenvalue weighted by Gasteiger charge is 2.27. The van der Waals surface area contributed by atoms with E-state index in [1.165, 1.54) is 6.20 Å². The van der Waals surface area contributed by atoms with E-state index < -0.39 is 12.1 Å². The second-order valence-corrected chi connectivity index (χ2v) is 8.51. The first-order chi connectivity index (χ1) is 16.8. The molecule has 1 amide bonds. The van der Waals surface area contributed by atoms with E-state index in [-0.39, 0.29) is 23.2 Å². The Balaban J connectivity index is 1.62. The van der Waals surface area contributed by atoms with E-state index in [1.54, 1.807) is 0 Å². The maximum atomic E-state index is 13.7. The van der Waals surface area contributed by atoms with E-state index in [0.29, 0.717) is 77.2 Å². The van der Waals surface area contributed by atoms with Crippen molar-refractivity contribution in [2.45, 2.75) is 26.2 Å². The summed E-state index contributed by atoms with van der Waals surface area (Å²) in [6.07, 6.45) is -0.574. The van der Waals surface area contributed by atoms with Crippen LogP contribution in [0.4, 0.5) is 26.6 Å². The molecule has 2 aromatic rings. The first-order valence-corrected chi connectivity index (χ1v) is 11.5. The van der Waals surface area contributed by atoms with Gasteiger partial charge in [-0.15, -0.1) is 6.58 Å². The number of hydrogen-bond acceptors (Lipinski definition) is 10. The van der Waals surface area contributed by atoms with Crippen molar-refractivity contribution in [1.82, 2.24) is 29.8 Å². The molecule has 188 valence electrons. The standard InChI is InChI=1S/C22H29F2N9O2/c1-14(2)3-4-16(34)31-5-7-32(8-6-31)21-28-19(15-13-26-20(25)27-17(15)18(23)24)29-22(30-21)33-9-11-35-12-10-33/h13,18H,1,3-12H2,2H3,(H2,25,26,27). The molecule has 4 rings (SSSR count). The highest BCUT2D eigenvalue weighted by Crippen LogP contribution is 2.30. The van der Waals surface area contributed by atoms with Crippen LogP contribution in [0.25, 0.3) is 11.4 Å². The predicted octanol–water partition coefficient (Wildman–Crippen LogP) is 1.69. The van der Waals surface area contributed by atoms with Crippen LogP contribution < -0.4 is 15.5 Å². The van der Waals surface area contributed by atoms with E-state index in [9.17, 15) is 13.6 Å². The first kappa shape index (κ1) is 24.6. The molecule has 2 fully saturated rings. The molecular weight excluding hydrogens is 460 g/mol. The lowest BCUT2D eigenvalue weighted by Gasteiger charge is -2.35. The summed E-state index contributed by atoms with van der Waals surface area (Å²) >= 11 is 0. The van der Waals surface area contributed by atoms with Crippen molar-refractivity contribution in [2.75, 3.05) is 68.0 Å². The van der Waals surface area contributed by atoms with Gasteiger partial charge in [0.15, 0.2) is 5.82 Å². The van der Waals surface area contributed by atoms with Crippen LogP contribution in [-0.4, -0.2) is 88.2 Å². The molecule has 11 nitrogen and oxygen atoms in total. The number of morpholine rings is 1. The molecule has 0 saturated carbocycles. The summed E-state index contributed by atoms with van der Waals surface area (Å²) in [6.45, 7) is 9.93. The second kappa shape index (κ2) is 10.8. The number of allylic oxidation sites excluding steroid dienone is 1. The summed E-state index contributed by atoms with van der Waals surface area (Å²) in [5.41, 5.74) is 5.98. The van der Waals surface area contributed by atoms with Gasteiger partial charge in [-0.25, -0.2) is 18.7 Å². The fraction of sp³-hybridized carbons (Fsp3) is 0.545. The first-order valence-electron chi connectivity index (χ1n) is 11.5. The number of piperazine rings is 1. The van der Waals surface area contributed by atoms with Gasteiger partial charge in [-0.05, 0) is 13.3 Å². The average molecular weight is 490 g/mol. The minimum Gasteiger partial charge on any atom is -0.378 e. The number of ether oxygens (including phenoxy) is 1. The number of nitrogens with zero attached hydrogens (tertiary/aromatic N) is 8. The molecule has 0 radical (unpaired) electrons. The van der Waals surface area contributed by atoms with Crippen LogP contribution in [0.3, 0.4) is 0 Å². The molecule has 2 aliphatic rings. The Kier molecular flexibility index (Phi) is 7.63. The molecule has 2 aliphatic heterocycles. The average Bonchev–Trinajstić information content (AvgIpc) is 2.87. The van der Waals surface area contributed by atoms with Crippen LogP contribution in [0.2, 0.25) is 0 Å². The van der Waals surface area contributed by atoms with E-state index in [0.717, 1.165) is 5.57 Å². The number of carbonyl (C=O) groups is 1. The molecule has 0 spiro atoms. The van der Waals surface area contributed by atoms with Crippen LogP contribution in [0, 0.1) is 0 Å². The number of aromatic nitrogens is 5. The lowest BCUT2D eigenvalue weighted by Crippen LogP contribution is -2.49. The summed E-state index contributed by atoms with van der Waals surface area (Å²) < 4.78 is 32.9. The third-order valence-electron chi connectivity index (χ3n) is 5.87. The number of rotatable bonds is 7. The number of anilines is 3. The third-order valence-corrected chi connectivity index (χ3v) is 5.87. The summed E-state index contributed by atoms with van der Waals surface area (Å²) in [7, 11) is 0. The molecule has 2 N–H and O–H groups in total. The lowest BCUT2D eigenvalue weighted by molar-refractivity contribution is -0.131. The summed E-state index contributed by atoms with van der Waals surface area (Å²) in [5.74, 6) is 0.595. The normalized spacial score (nSPS) is 16.6. The van der Waals surface area contributed by atoms with Crippen molar-refractivity contribution >= 4 is 23.8 Å². The highest BCUT2D eigenvalue weighted by molar-refractivity contribution is 5.76. The Morgan fingerprint density at radius 2 is 1.66 bits per heavy atom. The van der Waals surface area contributed by atoms with E-state index in [4.69, 9.17) is 10.5 Å². The lowest BCUT2D eigenvalue weighted by atomic mass is 10.1. The predicted molar refractivity (Wildman–Crippen MR) is 126 cm³/mol. The minimum atomic E-state index is -2.88. The van der Waals surface area contributed by atoms with Gasteiger partial charge >= 0.3 is 0 Å². The highest BCUT2D eigenvalue weighted by atomic mass is 19.3. The van der Waals surface area contributed by atoms with Gasteiger partial charge in [-0.3, -0.25) is 4.79 Å². The number of amides is 1. The molecule has 35 heavy (non-hydrogen) atoms. The molecule has 2 saturated heterocycles. The van der Waals surface area contributed by atoms with E-state index >= 15 is 0 Å². The molecule has 4 heterocycles. The van der Waals surface area contributed by atoms with Gasteiger partial charge in [0.2, 0.25) is 23.8 Å². The zero-order chi connectivity index (χ0) is 24.9. The zero-order valence-corrected chi connectivity index (χ0v) is 19.7. The van der Waals surface area contributed by atoms with Gasteiger partial charge < -0.3 is 25.2 Å². The Labute approximate surface area is 202 Å². The SMILES string of the molecule is C=C(C)CCC(=O)N1CCN(c2nc(-c3cnc(N)nc3C(F)F)nc(N3CCOCC3)n2)CC1. The van der Waals surface area contributed by atoms with Crippen LogP contribution in [-0.2, 0) is 9.53 Å². The Morgan fingerprint density at radius 3 is 2.26 bits per heavy atom. The minimum absolute atomic E-state index is 0.000896.